The molecule has 5 heteroatoms. The standard InChI is InChI=1S/C10H14N2OS2/c1-3-12-9-7(13-2)5-4-6-8(9)14-10(12)15-11/h4-6,10H,3,11H2,1-2H3. The molecule has 1 aliphatic heterocycles. The number of fused-ring (bicyclic) bond motifs is 1. The fraction of sp³-hybridized carbons (Fsp3) is 0.400. The largest absolute Gasteiger partial charge is 0.495 e. The van der Waals surface area contributed by atoms with Gasteiger partial charge in [0.15, 0.2) is 0 Å². The van der Waals surface area contributed by atoms with Gasteiger partial charge in [0, 0.05) is 11.4 Å². The van der Waals surface area contributed by atoms with Gasteiger partial charge in [-0.3, -0.25) is 5.14 Å². The molecule has 0 saturated carbocycles. The third kappa shape index (κ3) is 1.79. The lowest BCUT2D eigenvalue weighted by Gasteiger charge is -2.23. The van der Waals surface area contributed by atoms with E-state index in [1.807, 2.05) is 12.1 Å². The molecule has 0 amide bonds. The van der Waals surface area contributed by atoms with Crippen LogP contribution < -0.4 is 14.8 Å². The van der Waals surface area contributed by atoms with Gasteiger partial charge in [-0.1, -0.05) is 17.8 Å². The molecule has 0 saturated heterocycles. The molecule has 2 N–H and O–H groups in total. The van der Waals surface area contributed by atoms with E-state index in [0.29, 0.717) is 0 Å². The molecule has 1 atom stereocenters. The van der Waals surface area contributed by atoms with Crippen LogP contribution in [-0.2, 0) is 0 Å². The Labute approximate surface area is 98.5 Å². The summed E-state index contributed by atoms with van der Waals surface area (Å²) in [6, 6.07) is 6.12. The van der Waals surface area contributed by atoms with Gasteiger partial charge in [-0.05, 0) is 31.0 Å². The number of para-hydroxylation sites is 1. The summed E-state index contributed by atoms with van der Waals surface area (Å²) in [5, 5.41) is 5.68. The van der Waals surface area contributed by atoms with Gasteiger partial charge in [-0.25, -0.2) is 0 Å². The summed E-state index contributed by atoms with van der Waals surface area (Å²) in [6.07, 6.45) is 0. The monoisotopic (exact) mass is 242 g/mol. The summed E-state index contributed by atoms with van der Waals surface area (Å²) in [6.45, 7) is 3.07. The summed E-state index contributed by atoms with van der Waals surface area (Å²) >= 11 is 3.16. The van der Waals surface area contributed by atoms with Crippen LogP contribution in [-0.4, -0.2) is 18.4 Å². The topological polar surface area (TPSA) is 38.5 Å². The molecule has 1 unspecified atom stereocenters. The molecule has 82 valence electrons. The Morgan fingerprint density at radius 2 is 2.40 bits per heavy atom. The maximum Gasteiger partial charge on any atom is 0.143 e. The van der Waals surface area contributed by atoms with Gasteiger partial charge in [-0.15, -0.1) is 0 Å². The molecule has 1 aliphatic rings. The van der Waals surface area contributed by atoms with E-state index in [9.17, 15) is 0 Å². The van der Waals surface area contributed by atoms with Crippen LogP contribution in [0.1, 0.15) is 6.92 Å². The Hall–Kier alpha value is -0.520. The molecule has 0 spiro atoms. The highest BCUT2D eigenvalue weighted by Crippen LogP contribution is 2.50. The second-order valence-corrected chi connectivity index (χ2v) is 5.29. The van der Waals surface area contributed by atoms with Gasteiger partial charge >= 0.3 is 0 Å². The zero-order chi connectivity index (χ0) is 10.8. The highest BCUT2D eigenvalue weighted by molar-refractivity contribution is 8.16. The van der Waals surface area contributed by atoms with Gasteiger partial charge < -0.3 is 9.64 Å². The number of nitrogens with two attached hydrogens (primary N) is 1. The summed E-state index contributed by atoms with van der Waals surface area (Å²) < 4.78 is 5.64. The molecule has 15 heavy (non-hydrogen) atoms. The first kappa shape index (κ1) is 11.0. The molecule has 1 aromatic carbocycles. The van der Waals surface area contributed by atoms with Crippen LogP contribution in [0.2, 0.25) is 0 Å². The van der Waals surface area contributed by atoms with Crippen LogP contribution in [0.4, 0.5) is 5.69 Å². The SMILES string of the molecule is CCN1c2c(OC)cccc2SC1SN. The second kappa shape index (κ2) is 4.55. The maximum atomic E-state index is 5.68. The van der Waals surface area contributed by atoms with Gasteiger partial charge in [0.05, 0.1) is 12.8 Å². The highest BCUT2D eigenvalue weighted by Gasteiger charge is 2.31. The molecule has 0 radical (unpaired) electrons. The van der Waals surface area contributed by atoms with Crippen LogP contribution in [0.3, 0.4) is 0 Å². The Kier molecular flexibility index (Phi) is 3.33. The molecule has 1 heterocycles. The Morgan fingerprint density at radius 3 is 3.00 bits per heavy atom. The number of hydrogen-bond donors (Lipinski definition) is 1. The highest BCUT2D eigenvalue weighted by atomic mass is 32.2. The average molecular weight is 242 g/mol. The van der Waals surface area contributed by atoms with Crippen LogP contribution in [0.15, 0.2) is 23.1 Å². The summed E-state index contributed by atoms with van der Waals surface area (Å²) in [5.74, 6) is 0.929. The fourth-order valence-electron chi connectivity index (χ4n) is 1.73. The van der Waals surface area contributed by atoms with Crippen molar-refractivity contribution in [3.8, 4) is 5.75 Å². The summed E-state index contributed by atoms with van der Waals surface area (Å²) in [7, 11) is 1.71. The smallest absolute Gasteiger partial charge is 0.143 e. The number of nitrogens with zero attached hydrogens (tertiary/aromatic N) is 1. The number of methoxy groups -OCH3 is 1. The lowest BCUT2D eigenvalue weighted by molar-refractivity contribution is 0.414. The van der Waals surface area contributed by atoms with Crippen molar-refractivity contribution in [2.24, 2.45) is 5.14 Å². The Morgan fingerprint density at radius 1 is 1.60 bits per heavy atom. The normalized spacial score (nSPS) is 19.1. The first-order valence-electron chi connectivity index (χ1n) is 4.77. The molecular formula is C10H14N2OS2. The molecular weight excluding hydrogens is 228 g/mol. The first-order valence-corrected chi connectivity index (χ1v) is 6.60. The molecule has 2 rings (SSSR count). The first-order chi connectivity index (χ1) is 7.31. The van der Waals surface area contributed by atoms with Gasteiger partial charge in [-0.2, -0.15) is 0 Å². The number of hydrogen-bond acceptors (Lipinski definition) is 5. The third-order valence-corrected chi connectivity index (χ3v) is 4.56. The third-order valence-electron chi connectivity index (χ3n) is 2.41. The number of ether oxygens (including phenoxy) is 1. The van der Waals surface area contributed by atoms with E-state index in [0.717, 1.165) is 12.3 Å². The molecule has 1 aromatic rings. The quantitative estimate of drug-likeness (QED) is 0.825. The predicted octanol–water partition coefficient (Wildman–Crippen LogP) is 2.52. The van der Waals surface area contributed by atoms with Crippen molar-refractivity contribution < 1.29 is 4.74 Å². The minimum Gasteiger partial charge on any atom is -0.495 e. The fourth-order valence-corrected chi connectivity index (χ4v) is 3.75. The van der Waals surface area contributed by atoms with E-state index >= 15 is 0 Å². The number of thioether (sulfide) groups is 1. The second-order valence-electron chi connectivity index (χ2n) is 3.15. The van der Waals surface area contributed by atoms with Crippen LogP contribution in [0.5, 0.6) is 5.75 Å². The van der Waals surface area contributed by atoms with Crippen molar-refractivity contribution in [1.82, 2.24) is 0 Å². The maximum absolute atomic E-state index is 5.68. The van der Waals surface area contributed by atoms with E-state index in [2.05, 4.69) is 17.9 Å². The van der Waals surface area contributed by atoms with Crippen molar-refractivity contribution >= 4 is 29.4 Å². The number of benzene rings is 1. The summed E-state index contributed by atoms with van der Waals surface area (Å²) in [4.78, 5) is 3.52. The van der Waals surface area contributed by atoms with E-state index < -0.39 is 0 Å². The molecule has 0 fully saturated rings. The van der Waals surface area contributed by atoms with E-state index in [4.69, 9.17) is 9.88 Å². The van der Waals surface area contributed by atoms with Gasteiger partial charge in [0.1, 0.15) is 10.5 Å². The lowest BCUT2D eigenvalue weighted by atomic mass is 10.2. The molecule has 3 nitrogen and oxygen atoms in total. The van der Waals surface area contributed by atoms with Crippen molar-refractivity contribution in [3.05, 3.63) is 18.2 Å². The summed E-state index contributed by atoms with van der Waals surface area (Å²) in [5.41, 5.74) is 1.18. The van der Waals surface area contributed by atoms with E-state index in [1.54, 1.807) is 18.9 Å². The molecule has 0 aliphatic carbocycles. The van der Waals surface area contributed by atoms with Crippen molar-refractivity contribution in [1.29, 1.82) is 0 Å². The minimum absolute atomic E-state index is 0.265. The predicted molar refractivity (Wildman–Crippen MR) is 67.4 cm³/mol. The number of rotatable bonds is 3. The lowest BCUT2D eigenvalue weighted by Crippen LogP contribution is -2.27. The Balaban J connectivity index is 2.43. The zero-order valence-corrected chi connectivity index (χ0v) is 10.4. The zero-order valence-electron chi connectivity index (χ0n) is 8.77. The average Bonchev–Trinajstić information content (AvgIpc) is 2.66. The Bertz CT molecular complexity index is 359. The van der Waals surface area contributed by atoms with Gasteiger partial charge in [0.2, 0.25) is 0 Å². The number of anilines is 1. The van der Waals surface area contributed by atoms with Crippen molar-refractivity contribution in [2.45, 2.75) is 16.5 Å². The molecule has 0 bridgehead atoms. The van der Waals surface area contributed by atoms with Crippen LogP contribution in [0, 0.1) is 0 Å². The minimum atomic E-state index is 0.265. The molecule has 0 aromatic heterocycles. The van der Waals surface area contributed by atoms with Crippen LogP contribution >= 0.6 is 23.7 Å². The van der Waals surface area contributed by atoms with Crippen LogP contribution in [0.25, 0.3) is 0 Å². The van der Waals surface area contributed by atoms with E-state index in [-0.39, 0.29) is 4.71 Å². The van der Waals surface area contributed by atoms with Crippen molar-refractivity contribution in [3.63, 3.8) is 0 Å². The van der Waals surface area contributed by atoms with Crippen molar-refractivity contribution in [2.75, 3.05) is 18.6 Å². The van der Waals surface area contributed by atoms with E-state index in [1.165, 1.54) is 22.5 Å². The van der Waals surface area contributed by atoms with Gasteiger partial charge in [0.25, 0.3) is 0 Å².